The standard InChI is InChI=1S/C14H17NO6S/c1-20-13(16)10-21-14(17)11-2-4-12(5-3-11)15-6-8-22(18,19)9-7-15/h2-5H,6-10H2,1H3. The fourth-order valence-electron chi connectivity index (χ4n) is 2.05. The highest BCUT2D eigenvalue weighted by Gasteiger charge is 2.21. The molecule has 0 saturated carbocycles. The molecule has 0 unspecified atom stereocenters. The lowest BCUT2D eigenvalue weighted by Gasteiger charge is -2.28. The maximum atomic E-state index is 11.7. The normalized spacial score (nSPS) is 16.9. The van der Waals surface area contributed by atoms with Gasteiger partial charge in [0, 0.05) is 18.8 Å². The molecular weight excluding hydrogens is 310 g/mol. The first-order valence-corrected chi connectivity index (χ1v) is 8.53. The van der Waals surface area contributed by atoms with E-state index in [0.29, 0.717) is 18.7 Å². The molecule has 0 aliphatic carbocycles. The first kappa shape index (κ1) is 16.3. The highest BCUT2D eigenvalue weighted by Crippen LogP contribution is 2.18. The Morgan fingerprint density at radius 2 is 1.73 bits per heavy atom. The predicted molar refractivity (Wildman–Crippen MR) is 79.6 cm³/mol. The van der Waals surface area contributed by atoms with E-state index in [-0.39, 0.29) is 11.5 Å². The summed E-state index contributed by atoms with van der Waals surface area (Å²) in [6.45, 7) is 0.448. The summed E-state index contributed by atoms with van der Waals surface area (Å²) in [5.41, 5.74) is 1.16. The van der Waals surface area contributed by atoms with Gasteiger partial charge in [-0.1, -0.05) is 0 Å². The highest BCUT2D eigenvalue weighted by atomic mass is 32.2. The Bertz CT molecular complexity index is 638. The van der Waals surface area contributed by atoms with Gasteiger partial charge in [-0.3, -0.25) is 0 Å². The highest BCUT2D eigenvalue weighted by molar-refractivity contribution is 7.91. The van der Waals surface area contributed by atoms with Gasteiger partial charge in [0.15, 0.2) is 16.4 Å². The number of anilines is 1. The minimum atomic E-state index is -2.92. The third-order valence-corrected chi connectivity index (χ3v) is 4.97. The number of rotatable bonds is 4. The molecule has 0 bridgehead atoms. The largest absolute Gasteiger partial charge is 0.466 e. The number of methoxy groups -OCH3 is 1. The van der Waals surface area contributed by atoms with Crippen LogP contribution in [0.4, 0.5) is 5.69 Å². The van der Waals surface area contributed by atoms with E-state index in [1.807, 2.05) is 4.90 Å². The van der Waals surface area contributed by atoms with Crippen LogP contribution in [-0.4, -0.2) is 58.7 Å². The number of benzene rings is 1. The van der Waals surface area contributed by atoms with Crippen LogP contribution in [-0.2, 0) is 24.1 Å². The fourth-order valence-corrected chi connectivity index (χ4v) is 3.25. The number of carbonyl (C=O) groups excluding carboxylic acids is 2. The second-order valence-corrected chi connectivity index (χ2v) is 7.14. The first-order chi connectivity index (χ1) is 10.4. The molecule has 0 spiro atoms. The van der Waals surface area contributed by atoms with Crippen molar-refractivity contribution in [3.63, 3.8) is 0 Å². The molecule has 0 amide bonds. The molecular formula is C14H17NO6S. The lowest BCUT2D eigenvalue weighted by atomic mass is 10.2. The monoisotopic (exact) mass is 327 g/mol. The maximum Gasteiger partial charge on any atom is 0.344 e. The lowest BCUT2D eigenvalue weighted by Crippen LogP contribution is -2.40. The molecule has 7 nitrogen and oxygen atoms in total. The zero-order valence-corrected chi connectivity index (χ0v) is 13.0. The Kier molecular flexibility index (Phi) is 5.02. The summed E-state index contributed by atoms with van der Waals surface area (Å²) in [5, 5.41) is 0. The van der Waals surface area contributed by atoms with Crippen LogP contribution in [0, 0.1) is 0 Å². The molecule has 1 aromatic carbocycles. The van der Waals surface area contributed by atoms with Crippen molar-refractivity contribution in [1.82, 2.24) is 0 Å². The van der Waals surface area contributed by atoms with E-state index >= 15 is 0 Å². The van der Waals surface area contributed by atoms with Crippen molar-refractivity contribution in [2.24, 2.45) is 0 Å². The van der Waals surface area contributed by atoms with Crippen LogP contribution in [0.1, 0.15) is 10.4 Å². The van der Waals surface area contributed by atoms with Gasteiger partial charge in [-0.2, -0.15) is 0 Å². The second-order valence-electron chi connectivity index (χ2n) is 4.84. The molecule has 0 N–H and O–H groups in total. The van der Waals surface area contributed by atoms with E-state index in [1.165, 1.54) is 7.11 Å². The van der Waals surface area contributed by atoms with Crippen LogP contribution < -0.4 is 4.90 Å². The van der Waals surface area contributed by atoms with Crippen molar-refractivity contribution < 1.29 is 27.5 Å². The molecule has 1 aliphatic rings. The predicted octanol–water partition coefficient (Wildman–Crippen LogP) is 0.251. The Hall–Kier alpha value is -2.09. The summed E-state index contributed by atoms with van der Waals surface area (Å²) >= 11 is 0. The molecule has 1 aliphatic heterocycles. The summed E-state index contributed by atoms with van der Waals surface area (Å²) in [5.74, 6) is -0.969. The Morgan fingerprint density at radius 1 is 1.14 bits per heavy atom. The van der Waals surface area contributed by atoms with Gasteiger partial charge < -0.3 is 14.4 Å². The van der Waals surface area contributed by atoms with Gasteiger partial charge in [0.05, 0.1) is 24.2 Å². The van der Waals surface area contributed by atoms with Crippen molar-refractivity contribution in [3.05, 3.63) is 29.8 Å². The molecule has 0 radical (unpaired) electrons. The van der Waals surface area contributed by atoms with E-state index in [1.54, 1.807) is 24.3 Å². The van der Waals surface area contributed by atoms with Crippen LogP contribution in [0.3, 0.4) is 0 Å². The Morgan fingerprint density at radius 3 is 2.27 bits per heavy atom. The first-order valence-electron chi connectivity index (χ1n) is 6.71. The van der Waals surface area contributed by atoms with E-state index in [2.05, 4.69) is 4.74 Å². The zero-order chi connectivity index (χ0) is 16.2. The number of hydrogen-bond acceptors (Lipinski definition) is 7. The Labute approximate surface area is 128 Å². The molecule has 1 aromatic rings. The van der Waals surface area contributed by atoms with Gasteiger partial charge in [0.1, 0.15) is 0 Å². The van der Waals surface area contributed by atoms with Crippen molar-refractivity contribution >= 4 is 27.5 Å². The average molecular weight is 327 g/mol. The number of hydrogen-bond donors (Lipinski definition) is 0. The molecule has 8 heteroatoms. The van der Waals surface area contributed by atoms with Gasteiger partial charge in [-0.25, -0.2) is 18.0 Å². The molecule has 0 aromatic heterocycles. The third-order valence-electron chi connectivity index (χ3n) is 3.36. The quantitative estimate of drug-likeness (QED) is 0.732. The maximum absolute atomic E-state index is 11.7. The summed E-state index contributed by atoms with van der Waals surface area (Å²) in [6, 6.07) is 6.62. The number of nitrogens with zero attached hydrogens (tertiary/aromatic N) is 1. The number of sulfone groups is 1. The van der Waals surface area contributed by atoms with Crippen LogP contribution in [0.25, 0.3) is 0 Å². The molecule has 120 valence electrons. The van der Waals surface area contributed by atoms with E-state index in [9.17, 15) is 18.0 Å². The van der Waals surface area contributed by atoms with Crippen molar-refractivity contribution in [2.75, 3.05) is 43.2 Å². The average Bonchev–Trinajstić information content (AvgIpc) is 2.52. The zero-order valence-electron chi connectivity index (χ0n) is 12.1. The number of esters is 2. The smallest absolute Gasteiger partial charge is 0.344 e. The van der Waals surface area contributed by atoms with E-state index in [0.717, 1.165) is 5.69 Å². The third kappa shape index (κ3) is 4.20. The van der Waals surface area contributed by atoms with Crippen LogP contribution in [0.15, 0.2) is 24.3 Å². The topological polar surface area (TPSA) is 90.0 Å². The van der Waals surface area contributed by atoms with Crippen molar-refractivity contribution in [3.8, 4) is 0 Å². The van der Waals surface area contributed by atoms with Crippen LogP contribution in [0.5, 0.6) is 0 Å². The van der Waals surface area contributed by atoms with E-state index in [4.69, 9.17) is 4.74 Å². The number of ether oxygens (including phenoxy) is 2. The summed E-state index contributed by atoms with van der Waals surface area (Å²) in [4.78, 5) is 24.6. The molecule has 0 atom stereocenters. The molecule has 1 fully saturated rings. The molecule has 1 saturated heterocycles. The summed E-state index contributed by atoms with van der Waals surface area (Å²) < 4.78 is 32.0. The number of carbonyl (C=O) groups is 2. The van der Waals surface area contributed by atoms with Crippen molar-refractivity contribution in [1.29, 1.82) is 0 Å². The fraction of sp³-hybridized carbons (Fsp3) is 0.429. The summed E-state index contributed by atoms with van der Waals surface area (Å²) in [6.07, 6.45) is 0. The SMILES string of the molecule is COC(=O)COC(=O)c1ccc(N2CCS(=O)(=O)CC2)cc1. The second kappa shape index (κ2) is 6.78. The molecule has 22 heavy (non-hydrogen) atoms. The summed E-state index contributed by atoms with van der Waals surface area (Å²) in [7, 11) is -1.71. The molecule has 2 rings (SSSR count). The minimum absolute atomic E-state index is 0.135. The van der Waals surface area contributed by atoms with E-state index < -0.39 is 28.4 Å². The minimum Gasteiger partial charge on any atom is -0.466 e. The van der Waals surface area contributed by atoms with Crippen LogP contribution >= 0.6 is 0 Å². The lowest BCUT2D eigenvalue weighted by molar-refractivity contribution is -0.144. The van der Waals surface area contributed by atoms with Gasteiger partial charge in [-0.15, -0.1) is 0 Å². The van der Waals surface area contributed by atoms with Crippen molar-refractivity contribution in [2.45, 2.75) is 0 Å². The van der Waals surface area contributed by atoms with Crippen LogP contribution in [0.2, 0.25) is 0 Å². The van der Waals surface area contributed by atoms with Gasteiger partial charge in [-0.05, 0) is 24.3 Å². The van der Waals surface area contributed by atoms with Gasteiger partial charge in [0.25, 0.3) is 0 Å². The molecule has 1 heterocycles. The van der Waals surface area contributed by atoms with Gasteiger partial charge >= 0.3 is 11.9 Å². The Balaban J connectivity index is 1.95. The van der Waals surface area contributed by atoms with Gasteiger partial charge in [0.2, 0.25) is 0 Å².